The lowest BCUT2D eigenvalue weighted by Crippen LogP contribution is -2.31. The summed E-state index contributed by atoms with van der Waals surface area (Å²) in [5.41, 5.74) is 0.284. The molecule has 1 saturated carbocycles. The van der Waals surface area contributed by atoms with E-state index < -0.39 is 0 Å². The van der Waals surface area contributed by atoms with Crippen LogP contribution in [0.15, 0.2) is 0 Å². The van der Waals surface area contributed by atoms with Crippen molar-refractivity contribution in [2.75, 3.05) is 0 Å². The Labute approximate surface area is 69.1 Å². The first-order chi connectivity index (χ1) is 5.14. The summed E-state index contributed by atoms with van der Waals surface area (Å²) < 4.78 is 5.74. The van der Waals surface area contributed by atoms with Gasteiger partial charge in [-0.05, 0) is 31.6 Å². The summed E-state index contributed by atoms with van der Waals surface area (Å²) in [5.74, 6) is 1.62. The molecule has 0 aromatic heterocycles. The minimum Gasteiger partial charge on any atom is -0.366 e. The van der Waals surface area contributed by atoms with E-state index in [0.29, 0.717) is 6.10 Å². The molecule has 1 aliphatic heterocycles. The fourth-order valence-corrected chi connectivity index (χ4v) is 2.75. The Morgan fingerprint density at radius 2 is 2.09 bits per heavy atom. The van der Waals surface area contributed by atoms with Crippen molar-refractivity contribution in [2.45, 2.75) is 51.7 Å². The predicted molar refractivity (Wildman–Crippen MR) is 45.5 cm³/mol. The van der Waals surface area contributed by atoms with Crippen LogP contribution in [0.4, 0.5) is 0 Å². The highest BCUT2D eigenvalue weighted by Gasteiger charge is 2.59. The van der Waals surface area contributed by atoms with E-state index in [4.69, 9.17) is 4.74 Å². The Bertz CT molecular complexity index is 164. The van der Waals surface area contributed by atoms with Gasteiger partial charge in [-0.25, -0.2) is 0 Å². The molecule has 0 N–H and O–H groups in total. The molecule has 64 valence electrons. The summed E-state index contributed by atoms with van der Waals surface area (Å²) in [6.07, 6.45) is 4.68. The van der Waals surface area contributed by atoms with E-state index in [0.717, 1.165) is 11.8 Å². The molecule has 11 heavy (non-hydrogen) atoms. The summed E-state index contributed by atoms with van der Waals surface area (Å²) in [4.78, 5) is 0. The summed E-state index contributed by atoms with van der Waals surface area (Å²) in [6.45, 7) is 6.93. The molecule has 0 spiro atoms. The molecule has 0 aromatic carbocycles. The highest BCUT2D eigenvalue weighted by Crippen LogP contribution is 2.53. The molecule has 1 saturated heterocycles. The Kier molecular flexibility index (Phi) is 1.54. The second kappa shape index (κ2) is 2.22. The van der Waals surface area contributed by atoms with E-state index >= 15 is 0 Å². The van der Waals surface area contributed by atoms with Gasteiger partial charge in [-0.2, -0.15) is 0 Å². The average Bonchev–Trinajstić information content (AvgIpc) is 2.58. The zero-order valence-corrected chi connectivity index (χ0v) is 7.76. The Morgan fingerprint density at radius 1 is 1.36 bits per heavy atom. The molecular formula is C10H18O. The van der Waals surface area contributed by atoms with Gasteiger partial charge in [0, 0.05) is 0 Å². The van der Waals surface area contributed by atoms with Gasteiger partial charge in [0.05, 0.1) is 11.7 Å². The number of ether oxygens (including phenoxy) is 1. The van der Waals surface area contributed by atoms with E-state index in [1.54, 1.807) is 0 Å². The normalized spacial score (nSPS) is 49.1. The molecule has 2 rings (SSSR count). The molecule has 0 aromatic rings. The number of fused-ring (bicyclic) bond motifs is 1. The molecular weight excluding hydrogens is 136 g/mol. The van der Waals surface area contributed by atoms with Gasteiger partial charge >= 0.3 is 0 Å². The highest BCUT2D eigenvalue weighted by molar-refractivity contribution is 5.07. The first kappa shape index (κ1) is 7.60. The molecule has 2 fully saturated rings. The molecule has 0 bridgehead atoms. The van der Waals surface area contributed by atoms with Crippen LogP contribution in [-0.4, -0.2) is 11.7 Å². The van der Waals surface area contributed by atoms with Crippen molar-refractivity contribution < 1.29 is 4.74 Å². The van der Waals surface area contributed by atoms with Crippen LogP contribution in [0.25, 0.3) is 0 Å². The van der Waals surface area contributed by atoms with Gasteiger partial charge in [-0.1, -0.05) is 20.3 Å². The average molecular weight is 154 g/mol. The van der Waals surface area contributed by atoms with Gasteiger partial charge in [0.2, 0.25) is 0 Å². The third kappa shape index (κ3) is 1.01. The third-order valence-electron chi connectivity index (χ3n) is 3.50. The highest BCUT2D eigenvalue weighted by atomic mass is 16.6. The van der Waals surface area contributed by atoms with Crippen molar-refractivity contribution in [3.05, 3.63) is 0 Å². The Morgan fingerprint density at radius 3 is 2.64 bits per heavy atom. The topological polar surface area (TPSA) is 12.5 Å². The molecule has 1 heterocycles. The van der Waals surface area contributed by atoms with Crippen LogP contribution in [0.1, 0.15) is 40.0 Å². The third-order valence-corrected chi connectivity index (χ3v) is 3.50. The van der Waals surface area contributed by atoms with Crippen LogP contribution in [-0.2, 0) is 4.74 Å². The second-order valence-electron chi connectivity index (χ2n) is 4.57. The maximum Gasteiger partial charge on any atom is 0.0950 e. The maximum atomic E-state index is 5.74. The first-order valence-corrected chi connectivity index (χ1v) is 4.82. The number of rotatable bonds is 1. The van der Waals surface area contributed by atoms with Crippen molar-refractivity contribution >= 4 is 0 Å². The standard InChI is InChI=1S/C10H18O/c1-7(2)8-5-4-6-9-10(8,3)11-9/h7-9H,4-6H2,1-3H3. The van der Waals surface area contributed by atoms with E-state index in [9.17, 15) is 0 Å². The Hall–Kier alpha value is -0.0400. The van der Waals surface area contributed by atoms with E-state index in [1.807, 2.05) is 0 Å². The van der Waals surface area contributed by atoms with Crippen molar-refractivity contribution in [2.24, 2.45) is 11.8 Å². The van der Waals surface area contributed by atoms with Crippen LogP contribution in [0.3, 0.4) is 0 Å². The summed E-state index contributed by atoms with van der Waals surface area (Å²) in [5, 5.41) is 0. The quantitative estimate of drug-likeness (QED) is 0.529. The van der Waals surface area contributed by atoms with Crippen LogP contribution in [0.2, 0.25) is 0 Å². The molecule has 1 nitrogen and oxygen atoms in total. The molecule has 1 heteroatoms. The minimum absolute atomic E-state index is 0.284. The van der Waals surface area contributed by atoms with Crippen LogP contribution >= 0.6 is 0 Å². The second-order valence-corrected chi connectivity index (χ2v) is 4.57. The van der Waals surface area contributed by atoms with E-state index in [-0.39, 0.29) is 5.60 Å². The van der Waals surface area contributed by atoms with Gasteiger partial charge in [-0.15, -0.1) is 0 Å². The van der Waals surface area contributed by atoms with E-state index in [2.05, 4.69) is 20.8 Å². The maximum absolute atomic E-state index is 5.74. The summed E-state index contributed by atoms with van der Waals surface area (Å²) in [6, 6.07) is 0. The summed E-state index contributed by atoms with van der Waals surface area (Å²) in [7, 11) is 0. The minimum atomic E-state index is 0.284. The first-order valence-electron chi connectivity index (χ1n) is 4.82. The lowest BCUT2D eigenvalue weighted by molar-refractivity contribution is 0.179. The van der Waals surface area contributed by atoms with Gasteiger partial charge in [0.15, 0.2) is 0 Å². The zero-order chi connectivity index (χ0) is 8.06. The predicted octanol–water partition coefficient (Wildman–Crippen LogP) is 2.60. The zero-order valence-electron chi connectivity index (χ0n) is 7.76. The molecule has 0 radical (unpaired) electrons. The fraction of sp³-hybridized carbons (Fsp3) is 1.00. The molecule has 3 unspecified atom stereocenters. The SMILES string of the molecule is CC(C)C1CCCC2OC21C. The number of epoxide rings is 1. The van der Waals surface area contributed by atoms with E-state index in [1.165, 1.54) is 19.3 Å². The fourth-order valence-electron chi connectivity index (χ4n) is 2.75. The monoisotopic (exact) mass is 154 g/mol. The number of hydrogen-bond acceptors (Lipinski definition) is 1. The van der Waals surface area contributed by atoms with Crippen molar-refractivity contribution in [1.82, 2.24) is 0 Å². The van der Waals surface area contributed by atoms with Crippen molar-refractivity contribution in [3.63, 3.8) is 0 Å². The molecule has 3 atom stereocenters. The lowest BCUT2D eigenvalue weighted by atomic mass is 9.74. The molecule has 1 aliphatic carbocycles. The van der Waals surface area contributed by atoms with Gasteiger partial charge in [0.1, 0.15) is 0 Å². The van der Waals surface area contributed by atoms with Crippen molar-refractivity contribution in [1.29, 1.82) is 0 Å². The number of hydrogen-bond donors (Lipinski definition) is 0. The molecule has 0 amide bonds. The summed E-state index contributed by atoms with van der Waals surface area (Å²) >= 11 is 0. The largest absolute Gasteiger partial charge is 0.366 e. The molecule has 2 aliphatic rings. The Balaban J connectivity index is 2.08. The van der Waals surface area contributed by atoms with Crippen LogP contribution in [0.5, 0.6) is 0 Å². The van der Waals surface area contributed by atoms with Gasteiger partial charge < -0.3 is 4.74 Å². The van der Waals surface area contributed by atoms with Crippen LogP contribution in [0, 0.1) is 11.8 Å². The van der Waals surface area contributed by atoms with Gasteiger partial charge in [-0.3, -0.25) is 0 Å². The van der Waals surface area contributed by atoms with Gasteiger partial charge in [0.25, 0.3) is 0 Å². The smallest absolute Gasteiger partial charge is 0.0950 e. The van der Waals surface area contributed by atoms with Crippen LogP contribution < -0.4 is 0 Å². The van der Waals surface area contributed by atoms with Crippen molar-refractivity contribution in [3.8, 4) is 0 Å². The lowest BCUT2D eigenvalue weighted by Gasteiger charge is -2.28.